The van der Waals surface area contributed by atoms with Gasteiger partial charge in [-0.2, -0.15) is 0 Å². The van der Waals surface area contributed by atoms with E-state index < -0.39 is 0 Å². The first-order valence-corrected chi connectivity index (χ1v) is 8.07. The summed E-state index contributed by atoms with van der Waals surface area (Å²) in [5.74, 6) is 0.516. The summed E-state index contributed by atoms with van der Waals surface area (Å²) < 4.78 is 0. The Kier molecular flexibility index (Phi) is 5.38. The largest absolute Gasteiger partial charge is 0.0913 e. The molecule has 2 rings (SSSR count). The number of benzene rings is 1. The molecule has 0 bridgehead atoms. The van der Waals surface area contributed by atoms with Crippen molar-refractivity contribution in [1.29, 1.82) is 0 Å². The van der Waals surface area contributed by atoms with Gasteiger partial charge >= 0.3 is 0 Å². The molecule has 0 saturated carbocycles. The van der Waals surface area contributed by atoms with Crippen molar-refractivity contribution < 1.29 is 0 Å². The van der Waals surface area contributed by atoms with Crippen LogP contribution in [0.25, 0.3) is 5.57 Å². The SMILES string of the molecule is C=C(C1=CC=CC(C)(C(/C=C\C)CC)C=C1)c1ccccc1. The molecule has 0 aliphatic heterocycles. The van der Waals surface area contributed by atoms with Gasteiger partial charge in [-0.25, -0.2) is 0 Å². The maximum absolute atomic E-state index is 4.27. The topological polar surface area (TPSA) is 0 Å². The minimum absolute atomic E-state index is 0.0521. The summed E-state index contributed by atoms with van der Waals surface area (Å²) in [4.78, 5) is 0. The van der Waals surface area contributed by atoms with E-state index in [9.17, 15) is 0 Å². The molecule has 1 aromatic rings. The van der Waals surface area contributed by atoms with Crippen LogP contribution in [0.1, 0.15) is 32.8 Å². The van der Waals surface area contributed by atoms with E-state index in [0.29, 0.717) is 5.92 Å². The molecule has 22 heavy (non-hydrogen) atoms. The minimum Gasteiger partial charge on any atom is -0.0913 e. The second-order valence-corrected chi connectivity index (χ2v) is 6.07. The molecule has 2 unspecified atom stereocenters. The van der Waals surface area contributed by atoms with Crippen molar-refractivity contribution in [2.24, 2.45) is 11.3 Å². The molecule has 0 nitrogen and oxygen atoms in total. The lowest BCUT2D eigenvalue weighted by atomic mass is 9.75. The van der Waals surface area contributed by atoms with E-state index in [1.54, 1.807) is 0 Å². The van der Waals surface area contributed by atoms with E-state index >= 15 is 0 Å². The fourth-order valence-electron chi connectivity index (χ4n) is 3.01. The smallest absolute Gasteiger partial charge is 0.0102 e. The van der Waals surface area contributed by atoms with Crippen LogP contribution in [0.4, 0.5) is 0 Å². The lowest BCUT2D eigenvalue weighted by Crippen LogP contribution is -2.20. The normalized spacial score (nSPS) is 22.4. The van der Waals surface area contributed by atoms with Crippen molar-refractivity contribution in [2.75, 3.05) is 0 Å². The summed E-state index contributed by atoms with van der Waals surface area (Å²) in [6.45, 7) is 10.9. The third kappa shape index (κ3) is 3.57. The van der Waals surface area contributed by atoms with E-state index in [1.807, 2.05) is 6.07 Å². The van der Waals surface area contributed by atoms with Crippen LogP contribution in [-0.4, -0.2) is 0 Å². The van der Waals surface area contributed by atoms with Crippen LogP contribution >= 0.6 is 0 Å². The first-order valence-electron chi connectivity index (χ1n) is 8.07. The number of allylic oxidation sites excluding steroid dienone is 9. The van der Waals surface area contributed by atoms with Crippen molar-refractivity contribution in [2.45, 2.75) is 27.2 Å². The van der Waals surface area contributed by atoms with Gasteiger partial charge in [-0.15, -0.1) is 0 Å². The van der Waals surface area contributed by atoms with Gasteiger partial charge in [-0.05, 0) is 36.0 Å². The highest BCUT2D eigenvalue weighted by Gasteiger charge is 2.26. The molecule has 0 fully saturated rings. The summed E-state index contributed by atoms with van der Waals surface area (Å²) >= 11 is 0. The predicted octanol–water partition coefficient (Wildman–Crippen LogP) is 6.36. The molecule has 0 radical (unpaired) electrons. The van der Waals surface area contributed by atoms with Crippen molar-refractivity contribution in [3.8, 4) is 0 Å². The molecular weight excluding hydrogens is 264 g/mol. The minimum atomic E-state index is 0.0521. The van der Waals surface area contributed by atoms with Gasteiger partial charge in [0.05, 0.1) is 0 Å². The molecule has 0 spiro atoms. The predicted molar refractivity (Wildman–Crippen MR) is 98.5 cm³/mol. The molecule has 2 atom stereocenters. The zero-order valence-corrected chi connectivity index (χ0v) is 13.9. The molecule has 0 aromatic heterocycles. The summed E-state index contributed by atoms with van der Waals surface area (Å²) in [5, 5.41) is 0. The first-order chi connectivity index (χ1) is 10.6. The van der Waals surface area contributed by atoms with Gasteiger partial charge in [0.1, 0.15) is 0 Å². The Hall–Kier alpha value is -2.08. The highest BCUT2D eigenvalue weighted by molar-refractivity contribution is 5.80. The Morgan fingerprint density at radius 2 is 1.95 bits per heavy atom. The highest BCUT2D eigenvalue weighted by Crippen LogP contribution is 2.37. The zero-order chi connectivity index (χ0) is 16.0. The zero-order valence-electron chi connectivity index (χ0n) is 13.9. The number of hydrogen-bond acceptors (Lipinski definition) is 0. The highest BCUT2D eigenvalue weighted by atomic mass is 14.3. The van der Waals surface area contributed by atoms with Crippen molar-refractivity contribution in [3.05, 3.63) is 90.6 Å². The van der Waals surface area contributed by atoms with Gasteiger partial charge in [0.2, 0.25) is 0 Å². The number of hydrogen-bond donors (Lipinski definition) is 0. The van der Waals surface area contributed by atoms with Crippen LogP contribution in [0.5, 0.6) is 0 Å². The first kappa shape index (κ1) is 16.3. The second-order valence-electron chi connectivity index (χ2n) is 6.07. The van der Waals surface area contributed by atoms with Gasteiger partial charge in [0.25, 0.3) is 0 Å². The van der Waals surface area contributed by atoms with Crippen LogP contribution in [0.2, 0.25) is 0 Å². The number of rotatable bonds is 5. The van der Waals surface area contributed by atoms with Crippen LogP contribution in [-0.2, 0) is 0 Å². The van der Waals surface area contributed by atoms with Gasteiger partial charge in [0.15, 0.2) is 0 Å². The Balaban J connectivity index is 2.27. The van der Waals surface area contributed by atoms with Crippen molar-refractivity contribution in [3.63, 3.8) is 0 Å². The Morgan fingerprint density at radius 1 is 1.23 bits per heavy atom. The fourth-order valence-corrected chi connectivity index (χ4v) is 3.01. The van der Waals surface area contributed by atoms with E-state index in [4.69, 9.17) is 0 Å². The van der Waals surface area contributed by atoms with Crippen LogP contribution in [0, 0.1) is 11.3 Å². The molecule has 0 heterocycles. The second kappa shape index (κ2) is 7.26. The van der Waals surface area contributed by atoms with E-state index in [0.717, 1.165) is 12.0 Å². The molecule has 1 aromatic carbocycles. The van der Waals surface area contributed by atoms with Gasteiger partial charge in [-0.3, -0.25) is 0 Å². The molecular formula is C22H26. The van der Waals surface area contributed by atoms with Gasteiger partial charge < -0.3 is 0 Å². The average Bonchev–Trinajstić information content (AvgIpc) is 2.75. The average molecular weight is 290 g/mol. The monoisotopic (exact) mass is 290 g/mol. The maximum atomic E-state index is 4.27. The summed E-state index contributed by atoms with van der Waals surface area (Å²) in [6.07, 6.45) is 16.8. The van der Waals surface area contributed by atoms with Crippen molar-refractivity contribution in [1.82, 2.24) is 0 Å². The third-order valence-corrected chi connectivity index (χ3v) is 4.49. The summed E-state index contributed by atoms with van der Waals surface area (Å²) in [7, 11) is 0. The maximum Gasteiger partial charge on any atom is 0.0102 e. The summed E-state index contributed by atoms with van der Waals surface area (Å²) in [5.41, 5.74) is 3.48. The fraction of sp³-hybridized carbons (Fsp3) is 0.273. The third-order valence-electron chi connectivity index (χ3n) is 4.49. The van der Waals surface area contributed by atoms with Gasteiger partial charge in [-0.1, -0.05) is 93.3 Å². The quantitative estimate of drug-likeness (QED) is 0.553. The molecule has 0 amide bonds. The molecule has 0 saturated heterocycles. The Morgan fingerprint density at radius 3 is 2.59 bits per heavy atom. The molecule has 1 aliphatic rings. The van der Waals surface area contributed by atoms with E-state index in [-0.39, 0.29) is 5.41 Å². The van der Waals surface area contributed by atoms with Gasteiger partial charge in [0, 0.05) is 5.41 Å². The standard InChI is InChI=1S/C22H26/c1-5-11-21(6-2)22(4)16-10-14-20(15-17-22)18(3)19-12-8-7-9-13-19/h5,7-17,21H,3,6H2,1-2,4H3/b11-5-. The van der Waals surface area contributed by atoms with Crippen molar-refractivity contribution >= 4 is 5.57 Å². The Bertz CT molecular complexity index is 625. The Labute approximate surface area is 135 Å². The van der Waals surface area contributed by atoms with Crippen LogP contribution in [0.15, 0.2) is 85.0 Å². The lowest BCUT2D eigenvalue weighted by Gasteiger charge is -2.29. The molecule has 0 heteroatoms. The van der Waals surface area contributed by atoms with E-state index in [1.165, 1.54) is 11.1 Å². The molecule has 114 valence electrons. The summed E-state index contributed by atoms with van der Waals surface area (Å²) in [6, 6.07) is 10.4. The van der Waals surface area contributed by atoms with Crippen LogP contribution in [0.3, 0.4) is 0 Å². The molecule has 0 N–H and O–H groups in total. The van der Waals surface area contributed by atoms with Crippen LogP contribution < -0.4 is 0 Å². The van der Waals surface area contributed by atoms with E-state index in [2.05, 4.69) is 94.1 Å². The lowest BCUT2D eigenvalue weighted by molar-refractivity contribution is 0.383. The molecule has 1 aliphatic carbocycles.